The molecule has 41 heavy (non-hydrogen) atoms. The molecule has 2 aliphatic heterocycles. The highest BCUT2D eigenvalue weighted by Gasteiger charge is 2.42. The Kier molecular flexibility index (Phi) is 7.85. The van der Waals surface area contributed by atoms with Crippen LogP contribution in [-0.4, -0.2) is 67.5 Å². The second-order valence-corrected chi connectivity index (χ2v) is 17.5. The Morgan fingerprint density at radius 1 is 1.24 bits per heavy atom. The SMILES string of the molecule is CCn1ncc(Nc2nccc(-c3cc(C#N)c4c(c3)[C@@](C)(CO[Si](C)(C)C(C)(C)C)CN4)n2)c1N1CCOCC1. The van der Waals surface area contributed by atoms with Crippen LogP contribution in [0.15, 0.2) is 30.6 Å². The van der Waals surface area contributed by atoms with Crippen LogP contribution in [0.25, 0.3) is 11.3 Å². The average Bonchev–Trinajstić information content (AvgIpc) is 3.52. The van der Waals surface area contributed by atoms with E-state index in [1.165, 1.54) is 0 Å². The van der Waals surface area contributed by atoms with Gasteiger partial charge in [-0.1, -0.05) is 27.7 Å². The highest BCUT2D eigenvalue weighted by Crippen LogP contribution is 2.44. The standard InChI is InChI=1S/C30H42N8O2Si/c1-8-38-27(37-11-13-39-14-12-37)25(18-34-38)36-28-32-10-9-24(35-28)21-15-22(17-31)26-23(16-21)30(5,19-33-26)20-40-41(6,7)29(2,3)4/h9-10,15-16,18,33H,8,11-14,19-20H2,1-7H3,(H,32,35,36)/t30-/m1/s1. The fourth-order valence-electron chi connectivity index (χ4n) is 5.12. The molecular formula is C30H42N8O2Si. The number of anilines is 4. The van der Waals surface area contributed by atoms with Crippen molar-refractivity contribution in [3.63, 3.8) is 0 Å². The van der Waals surface area contributed by atoms with Crippen LogP contribution in [0.4, 0.5) is 23.1 Å². The summed E-state index contributed by atoms with van der Waals surface area (Å²) in [6.07, 6.45) is 3.58. The van der Waals surface area contributed by atoms with Crippen LogP contribution in [0.3, 0.4) is 0 Å². The van der Waals surface area contributed by atoms with Crippen molar-refractivity contribution in [2.45, 2.75) is 64.7 Å². The van der Waals surface area contributed by atoms with Gasteiger partial charge in [-0.25, -0.2) is 14.6 Å². The second-order valence-electron chi connectivity index (χ2n) is 12.7. The number of nitrogens with zero attached hydrogens (tertiary/aromatic N) is 6. The van der Waals surface area contributed by atoms with Gasteiger partial charge >= 0.3 is 0 Å². The molecule has 0 radical (unpaired) electrons. The van der Waals surface area contributed by atoms with Gasteiger partial charge in [-0.05, 0) is 48.8 Å². The number of aromatic nitrogens is 4. The van der Waals surface area contributed by atoms with Crippen molar-refractivity contribution < 1.29 is 9.16 Å². The van der Waals surface area contributed by atoms with Crippen LogP contribution in [0.5, 0.6) is 0 Å². The van der Waals surface area contributed by atoms with Gasteiger partial charge in [0.15, 0.2) is 14.1 Å². The van der Waals surface area contributed by atoms with Crippen LogP contribution in [0.2, 0.25) is 18.1 Å². The molecule has 1 fully saturated rings. The Morgan fingerprint density at radius 2 is 2.00 bits per heavy atom. The molecule has 11 heteroatoms. The van der Waals surface area contributed by atoms with Crippen LogP contribution >= 0.6 is 0 Å². The molecule has 4 heterocycles. The maximum atomic E-state index is 10.1. The Hall–Kier alpha value is -3.46. The van der Waals surface area contributed by atoms with E-state index >= 15 is 0 Å². The average molecular weight is 575 g/mol. The Balaban J connectivity index is 1.45. The highest BCUT2D eigenvalue weighted by molar-refractivity contribution is 6.74. The van der Waals surface area contributed by atoms with Gasteiger partial charge in [0.05, 0.1) is 36.4 Å². The normalized spacial score (nSPS) is 19.0. The minimum Gasteiger partial charge on any atom is -0.416 e. The molecule has 3 aromatic rings. The molecule has 1 aromatic carbocycles. The molecule has 1 atom stereocenters. The van der Waals surface area contributed by atoms with Gasteiger partial charge in [0.25, 0.3) is 0 Å². The third-order valence-corrected chi connectivity index (χ3v) is 13.2. The molecule has 5 rings (SSSR count). The summed E-state index contributed by atoms with van der Waals surface area (Å²) in [5, 5.41) is 21.7. The number of fused-ring (bicyclic) bond motifs is 1. The molecule has 218 valence electrons. The third-order valence-electron chi connectivity index (χ3n) is 8.74. The van der Waals surface area contributed by atoms with Gasteiger partial charge in [0.2, 0.25) is 5.95 Å². The Morgan fingerprint density at radius 3 is 2.68 bits per heavy atom. The fourth-order valence-corrected chi connectivity index (χ4v) is 6.23. The largest absolute Gasteiger partial charge is 0.416 e. The summed E-state index contributed by atoms with van der Waals surface area (Å²) in [7, 11) is -1.94. The molecule has 0 aliphatic carbocycles. The molecule has 0 saturated carbocycles. The first-order valence-corrected chi connectivity index (χ1v) is 17.3. The van der Waals surface area contributed by atoms with Crippen LogP contribution < -0.4 is 15.5 Å². The van der Waals surface area contributed by atoms with E-state index in [1.807, 2.05) is 23.0 Å². The number of benzene rings is 1. The first kappa shape index (κ1) is 29.0. The third kappa shape index (κ3) is 5.69. The van der Waals surface area contributed by atoms with E-state index in [2.05, 4.69) is 85.5 Å². The van der Waals surface area contributed by atoms with Gasteiger partial charge in [0, 0.05) is 50.0 Å². The van der Waals surface area contributed by atoms with Crippen LogP contribution in [0, 0.1) is 11.3 Å². The summed E-state index contributed by atoms with van der Waals surface area (Å²) in [5.74, 6) is 1.49. The molecule has 0 unspecified atom stereocenters. The zero-order valence-electron chi connectivity index (χ0n) is 25.3. The van der Waals surface area contributed by atoms with E-state index in [-0.39, 0.29) is 10.5 Å². The van der Waals surface area contributed by atoms with Crippen LogP contribution in [0.1, 0.15) is 45.7 Å². The summed E-state index contributed by atoms with van der Waals surface area (Å²) in [6, 6.07) is 8.35. The lowest BCUT2D eigenvalue weighted by Crippen LogP contribution is -2.45. The summed E-state index contributed by atoms with van der Waals surface area (Å²) in [4.78, 5) is 11.7. The number of rotatable bonds is 8. The minimum atomic E-state index is -1.94. The molecule has 0 amide bonds. The summed E-state index contributed by atoms with van der Waals surface area (Å²) >= 11 is 0. The molecule has 10 nitrogen and oxygen atoms in total. The van der Waals surface area contributed by atoms with Gasteiger partial charge < -0.3 is 24.7 Å². The van der Waals surface area contributed by atoms with E-state index in [4.69, 9.17) is 14.1 Å². The second kappa shape index (κ2) is 11.1. The quantitative estimate of drug-likeness (QED) is 0.336. The Bertz CT molecular complexity index is 1450. The topological polar surface area (TPSA) is 113 Å². The lowest BCUT2D eigenvalue weighted by Gasteiger charge is -2.39. The predicted octanol–water partition coefficient (Wildman–Crippen LogP) is 5.52. The molecule has 2 aliphatic rings. The fraction of sp³-hybridized carbons (Fsp3) is 0.533. The molecule has 0 bridgehead atoms. The molecule has 2 N–H and O–H groups in total. The number of aryl methyl sites for hydroxylation is 1. The van der Waals surface area contributed by atoms with Crippen molar-refractivity contribution in [2.24, 2.45) is 0 Å². The summed E-state index contributed by atoms with van der Waals surface area (Å²) < 4.78 is 14.2. The molecule has 0 spiro atoms. The van der Waals surface area contributed by atoms with E-state index in [0.29, 0.717) is 31.3 Å². The molecular weight excluding hydrogens is 532 g/mol. The van der Waals surface area contributed by atoms with Crippen molar-refractivity contribution in [1.82, 2.24) is 19.7 Å². The lowest BCUT2D eigenvalue weighted by molar-refractivity contribution is 0.122. The number of hydrogen-bond donors (Lipinski definition) is 2. The lowest BCUT2D eigenvalue weighted by atomic mass is 9.83. The first-order valence-electron chi connectivity index (χ1n) is 14.4. The highest BCUT2D eigenvalue weighted by atomic mass is 28.4. The van der Waals surface area contributed by atoms with Gasteiger partial charge in [-0.3, -0.25) is 0 Å². The number of ether oxygens (including phenoxy) is 1. The smallest absolute Gasteiger partial charge is 0.227 e. The molecule has 2 aromatic heterocycles. The first-order chi connectivity index (χ1) is 19.5. The van der Waals surface area contributed by atoms with Crippen molar-refractivity contribution >= 4 is 31.5 Å². The number of hydrogen-bond acceptors (Lipinski definition) is 9. The number of nitrogens with one attached hydrogen (secondary N) is 2. The monoisotopic (exact) mass is 574 g/mol. The maximum Gasteiger partial charge on any atom is 0.227 e. The van der Waals surface area contributed by atoms with Crippen LogP contribution in [-0.2, 0) is 21.1 Å². The van der Waals surface area contributed by atoms with E-state index in [9.17, 15) is 5.26 Å². The van der Waals surface area contributed by atoms with Crippen molar-refractivity contribution in [3.05, 3.63) is 41.7 Å². The number of nitriles is 1. The van der Waals surface area contributed by atoms with Gasteiger partial charge in [0.1, 0.15) is 11.8 Å². The van der Waals surface area contributed by atoms with Gasteiger partial charge in [-0.2, -0.15) is 10.4 Å². The van der Waals surface area contributed by atoms with E-state index in [1.54, 1.807) is 6.20 Å². The van der Waals surface area contributed by atoms with Crippen molar-refractivity contribution in [1.29, 1.82) is 5.26 Å². The molecule has 1 saturated heterocycles. The zero-order chi connectivity index (χ0) is 29.4. The predicted molar refractivity (Wildman–Crippen MR) is 165 cm³/mol. The van der Waals surface area contributed by atoms with E-state index in [0.717, 1.165) is 60.2 Å². The van der Waals surface area contributed by atoms with E-state index < -0.39 is 8.32 Å². The Labute approximate surface area is 244 Å². The zero-order valence-corrected chi connectivity index (χ0v) is 26.3. The summed E-state index contributed by atoms with van der Waals surface area (Å²) in [5.41, 5.74) is 4.83. The van der Waals surface area contributed by atoms with Crippen molar-refractivity contribution in [3.8, 4) is 17.3 Å². The number of morpholine rings is 1. The van der Waals surface area contributed by atoms with Crippen molar-refractivity contribution in [2.75, 3.05) is 55.0 Å². The van der Waals surface area contributed by atoms with Gasteiger partial charge in [-0.15, -0.1) is 0 Å². The maximum absolute atomic E-state index is 10.1. The minimum absolute atomic E-state index is 0.123. The summed E-state index contributed by atoms with van der Waals surface area (Å²) in [6.45, 7) is 20.7.